The summed E-state index contributed by atoms with van der Waals surface area (Å²) in [5.41, 5.74) is 3.59. The predicted octanol–water partition coefficient (Wildman–Crippen LogP) is 3.88. The molecular weight excluding hydrogens is 370 g/mol. The molecule has 0 fully saturated rings. The molecule has 1 heterocycles. The molecule has 3 aromatic rings. The largest absolute Gasteiger partial charge is 0.744 e. The number of benzene rings is 2. The van der Waals surface area contributed by atoms with Crippen molar-refractivity contribution >= 4 is 21.7 Å². The van der Waals surface area contributed by atoms with E-state index in [1.54, 1.807) is 12.1 Å². The summed E-state index contributed by atoms with van der Waals surface area (Å²) in [5, 5.41) is 0.774. The van der Waals surface area contributed by atoms with E-state index in [0.29, 0.717) is 0 Å². The summed E-state index contributed by atoms with van der Waals surface area (Å²) in [5.74, 6) is 0. The summed E-state index contributed by atoms with van der Waals surface area (Å²) in [7, 11) is -4.27. The van der Waals surface area contributed by atoms with E-state index in [9.17, 15) is 13.0 Å². The molecule has 3 rings (SSSR count). The normalized spacial score (nSPS) is 10.8. The van der Waals surface area contributed by atoms with Crippen LogP contribution in [0.1, 0.15) is 16.7 Å². The molecular formula is C20H20ClNO3S. The molecule has 1 aromatic heterocycles. The number of hydrogen-bond donors (Lipinski definition) is 0. The first-order valence-corrected chi connectivity index (χ1v) is 9.76. The zero-order valence-electron chi connectivity index (χ0n) is 14.6. The molecule has 0 spiro atoms. The van der Waals surface area contributed by atoms with E-state index < -0.39 is 10.1 Å². The number of aromatic nitrogens is 1. The summed E-state index contributed by atoms with van der Waals surface area (Å²) in [6.07, 6.45) is 3.99. The summed E-state index contributed by atoms with van der Waals surface area (Å²) in [6, 6.07) is 18.0. The first-order chi connectivity index (χ1) is 12.3. The molecule has 0 N–H and O–H groups in total. The second-order valence-electron chi connectivity index (χ2n) is 5.88. The zero-order valence-corrected chi connectivity index (χ0v) is 16.2. The van der Waals surface area contributed by atoms with Crippen molar-refractivity contribution in [3.63, 3.8) is 0 Å². The highest BCUT2D eigenvalue weighted by molar-refractivity contribution is 7.85. The molecule has 6 heteroatoms. The molecule has 0 saturated carbocycles. The van der Waals surface area contributed by atoms with Gasteiger partial charge in [0.2, 0.25) is 0 Å². The van der Waals surface area contributed by atoms with Crippen LogP contribution in [0.25, 0.3) is 0 Å². The maximum Gasteiger partial charge on any atom is 0.174 e. The van der Waals surface area contributed by atoms with Crippen molar-refractivity contribution in [3.05, 3.63) is 94.8 Å². The Balaban J connectivity index is 0.000000197. The summed E-state index contributed by atoms with van der Waals surface area (Å²) in [6.45, 7) is 4.84. The Labute approximate surface area is 159 Å². The van der Waals surface area contributed by atoms with Gasteiger partial charge in [0.15, 0.2) is 18.9 Å². The van der Waals surface area contributed by atoms with Gasteiger partial charge < -0.3 is 4.55 Å². The lowest BCUT2D eigenvalue weighted by atomic mass is 10.1. The molecule has 0 bridgehead atoms. The average Bonchev–Trinajstić information content (AvgIpc) is 2.59. The molecule has 26 heavy (non-hydrogen) atoms. The van der Waals surface area contributed by atoms with E-state index in [4.69, 9.17) is 11.6 Å². The molecule has 136 valence electrons. The summed E-state index contributed by atoms with van der Waals surface area (Å²) >= 11 is 5.83. The highest BCUT2D eigenvalue weighted by atomic mass is 35.5. The van der Waals surface area contributed by atoms with Gasteiger partial charge in [-0.1, -0.05) is 53.6 Å². The smallest absolute Gasteiger partial charge is 0.174 e. The minimum Gasteiger partial charge on any atom is -0.744 e. The number of nitrogens with zero attached hydrogens (tertiary/aromatic N) is 1. The van der Waals surface area contributed by atoms with Crippen molar-refractivity contribution in [3.8, 4) is 0 Å². The van der Waals surface area contributed by atoms with Crippen molar-refractivity contribution in [2.24, 2.45) is 0 Å². The molecule has 0 aliphatic heterocycles. The molecule has 0 unspecified atom stereocenters. The minimum absolute atomic E-state index is 0.178. The lowest BCUT2D eigenvalue weighted by Crippen LogP contribution is -2.33. The Morgan fingerprint density at radius 1 is 0.923 bits per heavy atom. The van der Waals surface area contributed by atoms with Crippen LogP contribution in [-0.2, 0) is 16.7 Å². The van der Waals surface area contributed by atoms with Gasteiger partial charge in [-0.3, -0.25) is 0 Å². The zero-order chi connectivity index (χ0) is 19.2. The van der Waals surface area contributed by atoms with E-state index in [1.165, 1.54) is 23.3 Å². The van der Waals surface area contributed by atoms with Crippen LogP contribution in [-0.4, -0.2) is 13.0 Å². The van der Waals surface area contributed by atoms with Gasteiger partial charge in [-0.2, -0.15) is 0 Å². The van der Waals surface area contributed by atoms with E-state index >= 15 is 0 Å². The van der Waals surface area contributed by atoms with Crippen LogP contribution in [0.5, 0.6) is 0 Å². The number of halogens is 1. The van der Waals surface area contributed by atoms with Crippen LogP contribution in [0.4, 0.5) is 0 Å². The summed E-state index contributed by atoms with van der Waals surface area (Å²) in [4.78, 5) is -0.178. The van der Waals surface area contributed by atoms with Crippen molar-refractivity contribution in [2.75, 3.05) is 0 Å². The van der Waals surface area contributed by atoms with E-state index in [2.05, 4.69) is 35.8 Å². The monoisotopic (exact) mass is 389 g/mol. The maximum atomic E-state index is 10.4. The third-order valence-electron chi connectivity index (χ3n) is 3.77. The second kappa shape index (κ2) is 8.94. The topological polar surface area (TPSA) is 61.1 Å². The van der Waals surface area contributed by atoms with Crippen LogP contribution >= 0.6 is 11.6 Å². The molecule has 0 amide bonds. The van der Waals surface area contributed by atoms with Gasteiger partial charge in [0, 0.05) is 17.7 Å². The first kappa shape index (κ1) is 20.1. The van der Waals surface area contributed by atoms with Crippen LogP contribution in [0.2, 0.25) is 5.02 Å². The molecule has 0 aliphatic rings. The van der Waals surface area contributed by atoms with Crippen molar-refractivity contribution in [2.45, 2.75) is 25.3 Å². The van der Waals surface area contributed by atoms with E-state index in [0.717, 1.165) is 17.1 Å². The van der Waals surface area contributed by atoms with Crippen molar-refractivity contribution < 1.29 is 17.5 Å². The first-order valence-electron chi connectivity index (χ1n) is 7.97. The van der Waals surface area contributed by atoms with Crippen LogP contribution < -0.4 is 4.57 Å². The van der Waals surface area contributed by atoms with Gasteiger partial charge in [0.1, 0.15) is 10.1 Å². The standard InChI is InChI=1S/C13H13ClN.C7H8O3S/c1-11-4-2-3-5-12(11)10-15-8-6-13(14)7-9-15;1-6-2-4-7(5-3-6)11(8,9)10/h2-9H,10H2,1H3;2-5H,1H3,(H,8,9,10)/q+1;/p-1. The SMILES string of the molecule is Cc1ccc(S(=O)(=O)[O-])cc1.Cc1ccccc1C[n+]1ccc(Cl)cc1. The molecule has 2 aromatic carbocycles. The number of aryl methyl sites for hydroxylation is 2. The second-order valence-corrected chi connectivity index (χ2v) is 7.70. The lowest BCUT2D eigenvalue weighted by Gasteiger charge is -2.05. The number of hydrogen-bond acceptors (Lipinski definition) is 3. The fourth-order valence-corrected chi connectivity index (χ4v) is 2.82. The Morgan fingerprint density at radius 2 is 1.50 bits per heavy atom. The average molecular weight is 390 g/mol. The highest BCUT2D eigenvalue weighted by Crippen LogP contribution is 2.09. The van der Waals surface area contributed by atoms with Crippen LogP contribution in [0, 0.1) is 13.8 Å². The third-order valence-corrected chi connectivity index (χ3v) is 4.88. The lowest BCUT2D eigenvalue weighted by molar-refractivity contribution is -0.688. The predicted molar refractivity (Wildman–Crippen MR) is 101 cm³/mol. The van der Waals surface area contributed by atoms with E-state index in [-0.39, 0.29) is 4.90 Å². The number of rotatable bonds is 3. The van der Waals surface area contributed by atoms with Gasteiger partial charge >= 0.3 is 0 Å². The molecule has 0 radical (unpaired) electrons. The van der Waals surface area contributed by atoms with Gasteiger partial charge in [0.25, 0.3) is 0 Å². The van der Waals surface area contributed by atoms with Crippen molar-refractivity contribution in [1.29, 1.82) is 0 Å². The van der Waals surface area contributed by atoms with Gasteiger partial charge in [-0.25, -0.2) is 13.0 Å². The molecule has 4 nitrogen and oxygen atoms in total. The van der Waals surface area contributed by atoms with Gasteiger partial charge in [-0.05, 0) is 31.5 Å². The minimum atomic E-state index is -4.27. The van der Waals surface area contributed by atoms with Crippen LogP contribution in [0.15, 0.2) is 78.0 Å². The van der Waals surface area contributed by atoms with Crippen molar-refractivity contribution in [1.82, 2.24) is 0 Å². The summed E-state index contributed by atoms with van der Waals surface area (Å²) < 4.78 is 33.3. The molecule has 0 atom stereocenters. The Morgan fingerprint density at radius 3 is 2.04 bits per heavy atom. The Kier molecular flexibility index (Phi) is 6.91. The quantitative estimate of drug-likeness (QED) is 0.504. The number of pyridine rings is 1. The molecule has 0 aliphatic carbocycles. The third kappa shape index (κ3) is 6.26. The fourth-order valence-electron chi connectivity index (χ4n) is 2.23. The highest BCUT2D eigenvalue weighted by Gasteiger charge is 2.04. The van der Waals surface area contributed by atoms with Gasteiger partial charge in [0.05, 0.1) is 9.92 Å². The van der Waals surface area contributed by atoms with Gasteiger partial charge in [-0.15, -0.1) is 0 Å². The fraction of sp³-hybridized carbons (Fsp3) is 0.150. The van der Waals surface area contributed by atoms with Crippen LogP contribution in [0.3, 0.4) is 0 Å². The Bertz CT molecular complexity index is 953. The molecule has 0 saturated heterocycles. The maximum absolute atomic E-state index is 10.4. The Hall–Kier alpha value is -2.21. The van der Waals surface area contributed by atoms with E-state index in [1.807, 2.05) is 31.5 Å².